The first-order chi connectivity index (χ1) is 14.0. The number of likely N-dealkylation sites (tertiary alicyclic amines) is 1. The van der Waals surface area contributed by atoms with Crippen LogP contribution in [0.2, 0.25) is 0 Å². The van der Waals surface area contributed by atoms with Crippen molar-refractivity contribution in [1.29, 1.82) is 0 Å². The number of carbonyl (C=O) groups is 2. The summed E-state index contributed by atoms with van der Waals surface area (Å²) in [5, 5.41) is 9.92. The molecule has 3 atom stereocenters. The average molecular weight is 393 g/mol. The minimum Gasteiger partial charge on any atom is -0.394 e. The second-order valence-electron chi connectivity index (χ2n) is 7.34. The van der Waals surface area contributed by atoms with Crippen LogP contribution in [0, 0.1) is 0 Å². The maximum Gasteiger partial charge on any atom is 0.272 e. The first-order valence-electron chi connectivity index (χ1n) is 9.76. The van der Waals surface area contributed by atoms with Gasteiger partial charge in [0.2, 0.25) is 5.91 Å². The standard InChI is InChI=1S/C23H27N3O3/c1-4-7-17-9-11-18(12-10-17)22-20(26(16(2)28)21(22)15-27)14-25(3)23(29)19-8-5-6-13-24-19/h4-13,20-22,27H,14-15H2,1-3H3/b7-4+/t20-,21+,22-/m0/s1. The fourth-order valence-electron chi connectivity index (χ4n) is 4.13. The second-order valence-corrected chi connectivity index (χ2v) is 7.34. The zero-order valence-electron chi connectivity index (χ0n) is 17.0. The van der Waals surface area contributed by atoms with E-state index in [1.165, 1.54) is 6.92 Å². The van der Waals surface area contributed by atoms with E-state index in [1.54, 1.807) is 41.2 Å². The van der Waals surface area contributed by atoms with Crippen LogP contribution in [0.15, 0.2) is 54.7 Å². The Labute approximate surface area is 171 Å². The van der Waals surface area contributed by atoms with E-state index >= 15 is 0 Å². The number of carbonyl (C=O) groups excluding carboxylic acids is 2. The van der Waals surface area contributed by atoms with E-state index in [0.29, 0.717) is 12.2 Å². The summed E-state index contributed by atoms with van der Waals surface area (Å²) in [5.74, 6) is -0.333. The van der Waals surface area contributed by atoms with Gasteiger partial charge in [0.05, 0.1) is 18.7 Å². The summed E-state index contributed by atoms with van der Waals surface area (Å²) in [6.07, 6.45) is 5.59. The predicted molar refractivity (Wildman–Crippen MR) is 112 cm³/mol. The number of hydrogen-bond donors (Lipinski definition) is 1. The molecular formula is C23H27N3O3. The van der Waals surface area contributed by atoms with E-state index in [0.717, 1.165) is 11.1 Å². The Morgan fingerprint density at radius 1 is 1.17 bits per heavy atom. The molecule has 3 rings (SSSR count). The molecule has 1 saturated heterocycles. The minimum atomic E-state index is -0.289. The monoisotopic (exact) mass is 393 g/mol. The van der Waals surface area contributed by atoms with Gasteiger partial charge in [-0.15, -0.1) is 0 Å². The topological polar surface area (TPSA) is 73.7 Å². The number of likely N-dealkylation sites (N-methyl/N-ethyl adjacent to an activating group) is 1. The molecule has 6 nitrogen and oxygen atoms in total. The molecule has 1 N–H and O–H groups in total. The molecule has 0 bridgehead atoms. The lowest BCUT2D eigenvalue weighted by Gasteiger charge is -2.55. The normalized spacial score (nSPS) is 21.1. The molecule has 0 unspecified atom stereocenters. The molecule has 1 aliphatic rings. The highest BCUT2D eigenvalue weighted by molar-refractivity contribution is 5.92. The average Bonchev–Trinajstić information content (AvgIpc) is 2.72. The molecule has 2 amide bonds. The van der Waals surface area contributed by atoms with Crippen molar-refractivity contribution < 1.29 is 14.7 Å². The molecule has 6 heteroatoms. The van der Waals surface area contributed by atoms with Crippen LogP contribution in [-0.4, -0.2) is 64.0 Å². The van der Waals surface area contributed by atoms with Crippen LogP contribution in [0.5, 0.6) is 0 Å². The molecule has 1 aromatic heterocycles. The van der Waals surface area contributed by atoms with Crippen LogP contribution in [0.1, 0.15) is 41.4 Å². The molecule has 0 saturated carbocycles. The van der Waals surface area contributed by atoms with Gasteiger partial charge in [0, 0.05) is 32.6 Å². The van der Waals surface area contributed by atoms with Gasteiger partial charge in [0.25, 0.3) is 5.91 Å². The highest BCUT2D eigenvalue weighted by Crippen LogP contribution is 2.41. The van der Waals surface area contributed by atoms with Crippen molar-refractivity contribution in [2.24, 2.45) is 0 Å². The molecule has 152 valence electrons. The van der Waals surface area contributed by atoms with Crippen molar-refractivity contribution in [1.82, 2.24) is 14.8 Å². The quantitative estimate of drug-likeness (QED) is 0.819. The van der Waals surface area contributed by atoms with Gasteiger partial charge in [-0.2, -0.15) is 0 Å². The highest BCUT2D eigenvalue weighted by atomic mass is 16.3. The first-order valence-corrected chi connectivity index (χ1v) is 9.76. The lowest BCUT2D eigenvalue weighted by atomic mass is 9.74. The number of nitrogens with zero attached hydrogens (tertiary/aromatic N) is 3. The van der Waals surface area contributed by atoms with E-state index in [1.807, 2.05) is 43.3 Å². The fraction of sp³-hybridized carbons (Fsp3) is 0.348. The molecular weight excluding hydrogens is 366 g/mol. The van der Waals surface area contributed by atoms with Crippen molar-refractivity contribution in [3.05, 3.63) is 71.6 Å². The minimum absolute atomic E-state index is 0.0393. The third-order valence-electron chi connectivity index (χ3n) is 5.47. The van der Waals surface area contributed by atoms with Gasteiger partial charge in [0.1, 0.15) is 5.69 Å². The summed E-state index contributed by atoms with van der Waals surface area (Å²) in [7, 11) is 1.72. The fourth-order valence-corrected chi connectivity index (χ4v) is 4.13. The lowest BCUT2D eigenvalue weighted by molar-refractivity contribution is -0.148. The Morgan fingerprint density at radius 3 is 2.45 bits per heavy atom. The summed E-state index contributed by atoms with van der Waals surface area (Å²) in [4.78, 5) is 32.3. The molecule has 29 heavy (non-hydrogen) atoms. The summed E-state index contributed by atoms with van der Waals surface area (Å²) in [5.41, 5.74) is 2.52. The number of hydrogen-bond acceptors (Lipinski definition) is 4. The zero-order valence-corrected chi connectivity index (χ0v) is 17.0. The van der Waals surface area contributed by atoms with Gasteiger partial charge in [-0.3, -0.25) is 14.6 Å². The number of rotatable bonds is 6. The van der Waals surface area contributed by atoms with E-state index in [2.05, 4.69) is 4.98 Å². The van der Waals surface area contributed by atoms with Gasteiger partial charge in [-0.05, 0) is 30.2 Å². The number of aliphatic hydroxyl groups excluding tert-OH is 1. The summed E-state index contributed by atoms with van der Waals surface area (Å²) >= 11 is 0. The van der Waals surface area contributed by atoms with Crippen LogP contribution in [0.3, 0.4) is 0 Å². The third kappa shape index (κ3) is 4.22. The smallest absolute Gasteiger partial charge is 0.272 e. The Hall–Kier alpha value is -2.99. The molecule has 2 heterocycles. The van der Waals surface area contributed by atoms with Crippen molar-refractivity contribution in [3.63, 3.8) is 0 Å². The van der Waals surface area contributed by atoms with Crippen molar-refractivity contribution in [3.8, 4) is 0 Å². The summed E-state index contributed by atoms with van der Waals surface area (Å²) < 4.78 is 0. The van der Waals surface area contributed by atoms with E-state index in [4.69, 9.17) is 0 Å². The van der Waals surface area contributed by atoms with Crippen LogP contribution in [-0.2, 0) is 4.79 Å². The molecule has 1 aliphatic heterocycles. The number of aromatic nitrogens is 1. The maximum absolute atomic E-state index is 12.7. The number of pyridine rings is 1. The molecule has 0 aliphatic carbocycles. The third-order valence-corrected chi connectivity index (χ3v) is 5.47. The van der Waals surface area contributed by atoms with Crippen LogP contribution < -0.4 is 0 Å². The maximum atomic E-state index is 12.7. The van der Waals surface area contributed by atoms with E-state index in [-0.39, 0.29) is 36.4 Å². The van der Waals surface area contributed by atoms with Crippen molar-refractivity contribution >= 4 is 17.9 Å². The molecule has 1 aromatic carbocycles. The zero-order chi connectivity index (χ0) is 21.0. The largest absolute Gasteiger partial charge is 0.394 e. The Kier molecular flexibility index (Phi) is 6.44. The number of aliphatic hydroxyl groups is 1. The lowest BCUT2D eigenvalue weighted by Crippen LogP contribution is -2.68. The SMILES string of the molecule is C/C=C/c1ccc([C@@H]2[C@@H](CO)N(C(C)=O)[C@H]2CN(C)C(=O)c2ccccn2)cc1. The van der Waals surface area contributed by atoms with Gasteiger partial charge in [0.15, 0.2) is 0 Å². The number of benzene rings is 1. The Bertz CT molecular complexity index is 880. The molecule has 1 fully saturated rings. The van der Waals surface area contributed by atoms with Crippen LogP contribution in [0.4, 0.5) is 0 Å². The van der Waals surface area contributed by atoms with Crippen molar-refractivity contribution in [2.75, 3.05) is 20.2 Å². The van der Waals surface area contributed by atoms with Crippen LogP contribution >= 0.6 is 0 Å². The molecule has 0 spiro atoms. The second kappa shape index (κ2) is 9.01. The number of amides is 2. The van der Waals surface area contributed by atoms with Crippen molar-refractivity contribution in [2.45, 2.75) is 31.8 Å². The predicted octanol–water partition coefficient (Wildman–Crippen LogP) is 2.56. The summed E-state index contributed by atoms with van der Waals surface area (Å²) in [6, 6.07) is 12.9. The van der Waals surface area contributed by atoms with Gasteiger partial charge in [-0.1, -0.05) is 42.5 Å². The van der Waals surface area contributed by atoms with E-state index < -0.39 is 0 Å². The van der Waals surface area contributed by atoms with Gasteiger partial charge < -0.3 is 14.9 Å². The first kappa shape index (κ1) is 20.7. The Balaban J connectivity index is 1.84. The summed E-state index contributed by atoms with van der Waals surface area (Å²) in [6.45, 7) is 3.72. The molecule has 2 aromatic rings. The highest BCUT2D eigenvalue weighted by Gasteiger charge is 2.50. The van der Waals surface area contributed by atoms with E-state index in [9.17, 15) is 14.7 Å². The van der Waals surface area contributed by atoms with Gasteiger partial charge in [-0.25, -0.2) is 0 Å². The Morgan fingerprint density at radius 2 is 1.90 bits per heavy atom. The van der Waals surface area contributed by atoms with Gasteiger partial charge >= 0.3 is 0 Å². The number of allylic oxidation sites excluding steroid dienone is 1. The van der Waals surface area contributed by atoms with Crippen LogP contribution in [0.25, 0.3) is 6.08 Å². The molecule has 0 radical (unpaired) electrons.